The highest BCUT2D eigenvalue weighted by atomic mass is 35.5. The number of hydrogen-bond donors (Lipinski definition) is 0. The van der Waals surface area contributed by atoms with Crippen molar-refractivity contribution in [1.29, 1.82) is 5.26 Å². The van der Waals surface area contributed by atoms with E-state index < -0.39 is 5.82 Å². The average molecular weight is 266 g/mol. The maximum atomic E-state index is 13.7. The number of nitrogens with zero attached hydrogens (tertiary/aromatic N) is 1. The Kier molecular flexibility index (Phi) is 3.33. The minimum Gasteiger partial charge on any atom is -0.206 e. The van der Waals surface area contributed by atoms with E-state index in [0.717, 1.165) is 0 Å². The van der Waals surface area contributed by atoms with Crippen molar-refractivity contribution in [1.82, 2.24) is 0 Å². The maximum Gasteiger partial charge on any atom is 0.132 e. The lowest BCUT2D eigenvalue weighted by Gasteiger charge is -2.05. The van der Waals surface area contributed by atoms with Crippen molar-refractivity contribution in [2.75, 3.05) is 0 Å². The third kappa shape index (κ3) is 2.58. The molecule has 0 bridgehead atoms. The lowest BCUT2D eigenvalue weighted by Crippen LogP contribution is -1.86. The van der Waals surface area contributed by atoms with E-state index >= 15 is 0 Å². The first-order valence-corrected chi connectivity index (χ1v) is 5.52. The van der Waals surface area contributed by atoms with Crippen LogP contribution >= 0.6 is 23.2 Å². The van der Waals surface area contributed by atoms with E-state index in [0.29, 0.717) is 21.2 Å². The van der Waals surface area contributed by atoms with Crippen LogP contribution < -0.4 is 0 Å². The molecule has 0 heterocycles. The smallest absolute Gasteiger partial charge is 0.132 e. The number of hydrogen-bond acceptors (Lipinski definition) is 1. The van der Waals surface area contributed by atoms with E-state index in [9.17, 15) is 4.39 Å². The van der Waals surface area contributed by atoms with E-state index in [2.05, 4.69) is 0 Å². The molecule has 0 saturated heterocycles. The Morgan fingerprint density at radius 3 is 2.18 bits per heavy atom. The van der Waals surface area contributed by atoms with Gasteiger partial charge in [-0.3, -0.25) is 0 Å². The summed E-state index contributed by atoms with van der Waals surface area (Å²) in [7, 11) is 0. The first-order valence-electron chi connectivity index (χ1n) is 4.76. The third-order valence-corrected chi connectivity index (χ3v) is 2.71. The molecule has 0 spiro atoms. The molecule has 0 aliphatic carbocycles. The molecule has 2 aromatic rings. The van der Waals surface area contributed by atoms with Crippen LogP contribution in [0.4, 0.5) is 4.39 Å². The fraction of sp³-hybridized carbons (Fsp3) is 0. The van der Waals surface area contributed by atoms with Gasteiger partial charge in [-0.1, -0.05) is 29.3 Å². The van der Waals surface area contributed by atoms with Gasteiger partial charge < -0.3 is 0 Å². The summed E-state index contributed by atoms with van der Waals surface area (Å²) in [5.41, 5.74) is 1.23. The third-order valence-electron chi connectivity index (χ3n) is 2.27. The summed E-state index contributed by atoms with van der Waals surface area (Å²) in [4.78, 5) is 0. The van der Waals surface area contributed by atoms with Gasteiger partial charge >= 0.3 is 0 Å². The van der Waals surface area contributed by atoms with Crippen molar-refractivity contribution in [2.24, 2.45) is 0 Å². The predicted octanol–water partition coefficient (Wildman–Crippen LogP) is 4.67. The van der Waals surface area contributed by atoms with Gasteiger partial charge in [-0.2, -0.15) is 5.26 Å². The molecule has 4 heteroatoms. The van der Waals surface area contributed by atoms with Crippen LogP contribution in [0.1, 0.15) is 5.56 Å². The van der Waals surface area contributed by atoms with Crippen molar-refractivity contribution in [2.45, 2.75) is 0 Å². The molecule has 0 fully saturated rings. The number of nitriles is 1. The zero-order chi connectivity index (χ0) is 12.4. The zero-order valence-electron chi connectivity index (χ0n) is 8.55. The first kappa shape index (κ1) is 11.9. The lowest BCUT2D eigenvalue weighted by atomic mass is 10.0. The van der Waals surface area contributed by atoms with Gasteiger partial charge in [-0.25, -0.2) is 4.39 Å². The molecule has 2 aromatic carbocycles. The highest BCUT2D eigenvalue weighted by molar-refractivity contribution is 6.35. The molecule has 84 valence electrons. The normalized spacial score (nSPS) is 10.0. The van der Waals surface area contributed by atoms with Gasteiger partial charge in [0.15, 0.2) is 0 Å². The molecule has 0 unspecified atom stereocenters. The van der Waals surface area contributed by atoms with Gasteiger partial charge in [0.05, 0.1) is 11.6 Å². The summed E-state index contributed by atoms with van der Waals surface area (Å²) in [6.07, 6.45) is 0. The van der Waals surface area contributed by atoms with Crippen molar-refractivity contribution in [3.05, 3.63) is 57.8 Å². The van der Waals surface area contributed by atoms with Crippen LogP contribution in [0, 0.1) is 17.1 Å². The fourth-order valence-electron chi connectivity index (χ4n) is 1.53. The van der Waals surface area contributed by atoms with E-state index in [1.807, 2.05) is 6.07 Å². The summed E-state index contributed by atoms with van der Waals surface area (Å²) in [6.45, 7) is 0. The first-order chi connectivity index (χ1) is 8.10. The lowest BCUT2D eigenvalue weighted by molar-refractivity contribution is 0.631. The Morgan fingerprint density at radius 2 is 1.65 bits per heavy atom. The molecule has 0 N–H and O–H groups in total. The molecular weight excluding hydrogens is 260 g/mol. The summed E-state index contributed by atoms with van der Waals surface area (Å²) in [5, 5.41) is 9.53. The van der Waals surface area contributed by atoms with E-state index in [1.165, 1.54) is 12.1 Å². The van der Waals surface area contributed by atoms with Crippen LogP contribution in [0.5, 0.6) is 0 Å². The van der Waals surface area contributed by atoms with Crippen LogP contribution in [0.3, 0.4) is 0 Å². The van der Waals surface area contributed by atoms with Gasteiger partial charge in [0.1, 0.15) is 5.82 Å². The van der Waals surface area contributed by atoms with Crippen molar-refractivity contribution >= 4 is 23.2 Å². The molecule has 17 heavy (non-hydrogen) atoms. The Labute approximate surface area is 108 Å². The summed E-state index contributed by atoms with van der Waals surface area (Å²) in [5.74, 6) is -0.470. The molecule has 0 saturated carbocycles. The minimum atomic E-state index is -0.470. The molecular formula is C13H6Cl2FN. The Bertz CT molecular complexity index is 597. The van der Waals surface area contributed by atoms with E-state index in [1.54, 1.807) is 24.3 Å². The SMILES string of the molecule is N#Cc1ccc(-c2cc(Cl)cc(Cl)c2)c(F)c1. The standard InChI is InChI=1S/C13H6Cl2FN/c14-10-4-9(5-11(15)6-10)12-2-1-8(7-17)3-13(12)16/h1-6H. The highest BCUT2D eigenvalue weighted by Gasteiger charge is 2.07. The fourth-order valence-corrected chi connectivity index (χ4v) is 2.05. The minimum absolute atomic E-state index is 0.277. The van der Waals surface area contributed by atoms with E-state index in [-0.39, 0.29) is 5.56 Å². The van der Waals surface area contributed by atoms with Gasteiger partial charge in [0.25, 0.3) is 0 Å². The van der Waals surface area contributed by atoms with Gasteiger partial charge in [-0.05, 0) is 35.9 Å². The molecule has 0 aliphatic heterocycles. The molecule has 0 atom stereocenters. The Hall–Kier alpha value is -1.56. The molecule has 1 nitrogen and oxygen atoms in total. The number of benzene rings is 2. The molecule has 0 aromatic heterocycles. The second kappa shape index (κ2) is 4.75. The average Bonchev–Trinajstić information content (AvgIpc) is 2.27. The van der Waals surface area contributed by atoms with Crippen molar-refractivity contribution < 1.29 is 4.39 Å². The second-order valence-electron chi connectivity index (χ2n) is 3.46. The highest BCUT2D eigenvalue weighted by Crippen LogP contribution is 2.29. The molecule has 0 aliphatic rings. The van der Waals surface area contributed by atoms with E-state index in [4.69, 9.17) is 28.5 Å². The number of rotatable bonds is 1. The van der Waals surface area contributed by atoms with Gasteiger partial charge in [0.2, 0.25) is 0 Å². The Balaban J connectivity index is 2.57. The summed E-state index contributed by atoms with van der Waals surface area (Å²) < 4.78 is 13.7. The maximum absolute atomic E-state index is 13.7. The quantitative estimate of drug-likeness (QED) is 0.735. The van der Waals surface area contributed by atoms with Gasteiger partial charge in [-0.15, -0.1) is 0 Å². The Morgan fingerprint density at radius 1 is 1.00 bits per heavy atom. The summed E-state index contributed by atoms with van der Waals surface area (Å²) in [6, 6.07) is 11.0. The topological polar surface area (TPSA) is 23.8 Å². The molecule has 0 radical (unpaired) electrons. The van der Waals surface area contributed by atoms with Crippen LogP contribution in [0.2, 0.25) is 10.0 Å². The largest absolute Gasteiger partial charge is 0.206 e. The van der Waals surface area contributed by atoms with Crippen molar-refractivity contribution in [3.63, 3.8) is 0 Å². The van der Waals surface area contributed by atoms with Crippen LogP contribution in [-0.4, -0.2) is 0 Å². The van der Waals surface area contributed by atoms with Gasteiger partial charge in [0, 0.05) is 15.6 Å². The van der Waals surface area contributed by atoms with Crippen LogP contribution in [0.15, 0.2) is 36.4 Å². The van der Waals surface area contributed by atoms with Crippen LogP contribution in [0.25, 0.3) is 11.1 Å². The zero-order valence-corrected chi connectivity index (χ0v) is 10.1. The molecule has 0 amide bonds. The summed E-state index contributed by atoms with van der Waals surface area (Å²) >= 11 is 11.7. The van der Waals surface area contributed by atoms with Crippen LogP contribution in [-0.2, 0) is 0 Å². The molecule has 2 rings (SSSR count). The monoisotopic (exact) mass is 265 g/mol. The van der Waals surface area contributed by atoms with Crippen molar-refractivity contribution in [3.8, 4) is 17.2 Å². The number of halogens is 3. The second-order valence-corrected chi connectivity index (χ2v) is 4.34. The predicted molar refractivity (Wildman–Crippen MR) is 66.6 cm³/mol.